The summed E-state index contributed by atoms with van der Waals surface area (Å²) >= 11 is 0. The molecule has 2 fully saturated rings. The maximum absolute atomic E-state index is 13.3. The first-order valence-corrected chi connectivity index (χ1v) is 12.9. The van der Waals surface area contributed by atoms with Gasteiger partial charge in [0.25, 0.3) is 0 Å². The molecule has 1 aliphatic heterocycles. The zero-order valence-corrected chi connectivity index (χ0v) is 21.3. The largest absolute Gasteiger partial charge is 0.390 e. The van der Waals surface area contributed by atoms with Gasteiger partial charge in [0.2, 0.25) is 11.8 Å². The van der Waals surface area contributed by atoms with Crippen LogP contribution < -0.4 is 16.0 Å². The predicted octanol–water partition coefficient (Wildman–Crippen LogP) is 2.09. The Morgan fingerprint density at radius 1 is 1.12 bits per heavy atom. The number of benzene rings is 1. The van der Waals surface area contributed by atoms with Crippen LogP contribution in [0.1, 0.15) is 58.4 Å². The minimum absolute atomic E-state index is 0.0440. The number of nitrogens with zero attached hydrogens (tertiary/aromatic N) is 1. The molecule has 1 aromatic carbocycles. The molecule has 190 valence electrons. The van der Waals surface area contributed by atoms with Gasteiger partial charge >= 0.3 is 0 Å². The van der Waals surface area contributed by atoms with Crippen molar-refractivity contribution in [2.45, 2.75) is 83.0 Å². The fourth-order valence-electron chi connectivity index (χ4n) is 5.56. The highest BCUT2D eigenvalue weighted by Crippen LogP contribution is 2.38. The average Bonchev–Trinajstić information content (AvgIpc) is 2.78. The van der Waals surface area contributed by atoms with E-state index in [0.717, 1.165) is 18.5 Å². The van der Waals surface area contributed by atoms with E-state index in [0.29, 0.717) is 24.8 Å². The second-order valence-corrected chi connectivity index (χ2v) is 11.2. The molecular formula is C27H44N4O3. The van der Waals surface area contributed by atoms with E-state index in [1.807, 2.05) is 51.1 Å². The number of fused-ring (bicyclic) bond motifs is 1. The Labute approximate surface area is 205 Å². The molecule has 3 rings (SSSR count). The van der Waals surface area contributed by atoms with Crippen molar-refractivity contribution in [1.82, 2.24) is 20.9 Å². The first-order valence-electron chi connectivity index (χ1n) is 12.9. The molecule has 34 heavy (non-hydrogen) atoms. The Hall–Kier alpha value is -1.96. The number of likely N-dealkylation sites (tertiary alicyclic amines) is 1. The molecule has 5 atom stereocenters. The van der Waals surface area contributed by atoms with Gasteiger partial charge in [-0.05, 0) is 64.5 Å². The second kappa shape index (κ2) is 12.1. The van der Waals surface area contributed by atoms with Crippen molar-refractivity contribution in [2.75, 3.05) is 26.7 Å². The van der Waals surface area contributed by atoms with E-state index in [2.05, 4.69) is 20.9 Å². The number of carbonyl (C=O) groups is 2. The molecule has 4 N–H and O–H groups in total. The Bertz CT molecular complexity index is 795. The number of β-amino-alcohol motifs (C(OH)–C–C–N with tert-alkyl or cyclic N) is 1. The Kier molecular flexibility index (Phi) is 9.51. The summed E-state index contributed by atoms with van der Waals surface area (Å²) in [6.07, 6.45) is 5.46. The summed E-state index contributed by atoms with van der Waals surface area (Å²) in [7, 11) is 1.73. The van der Waals surface area contributed by atoms with Crippen LogP contribution in [-0.2, 0) is 16.0 Å². The molecular weight excluding hydrogens is 428 g/mol. The van der Waals surface area contributed by atoms with Gasteiger partial charge in [0.1, 0.15) is 0 Å². The third-order valence-corrected chi connectivity index (χ3v) is 7.17. The molecule has 0 radical (unpaired) electrons. The van der Waals surface area contributed by atoms with Gasteiger partial charge in [-0.3, -0.25) is 14.5 Å². The van der Waals surface area contributed by atoms with Crippen molar-refractivity contribution in [2.24, 2.45) is 11.8 Å². The molecule has 4 unspecified atom stereocenters. The van der Waals surface area contributed by atoms with Crippen LogP contribution in [0.3, 0.4) is 0 Å². The normalized spacial score (nSPS) is 25.1. The van der Waals surface area contributed by atoms with Crippen molar-refractivity contribution in [3.8, 4) is 0 Å². The smallest absolute Gasteiger partial charge is 0.237 e. The van der Waals surface area contributed by atoms with Crippen molar-refractivity contribution in [3.63, 3.8) is 0 Å². The van der Waals surface area contributed by atoms with Crippen LogP contribution in [0.15, 0.2) is 30.3 Å². The number of piperidine rings is 1. The highest BCUT2D eigenvalue weighted by Gasteiger charge is 2.41. The molecule has 0 spiro atoms. The molecule has 7 heteroatoms. The number of carbonyl (C=O) groups excluding carboxylic acids is 2. The van der Waals surface area contributed by atoms with Crippen molar-refractivity contribution < 1.29 is 14.7 Å². The molecule has 0 aromatic heterocycles. The molecule has 1 aromatic rings. The van der Waals surface area contributed by atoms with Gasteiger partial charge in [0, 0.05) is 18.6 Å². The van der Waals surface area contributed by atoms with Gasteiger partial charge in [0.05, 0.1) is 24.7 Å². The van der Waals surface area contributed by atoms with Gasteiger partial charge in [-0.25, -0.2) is 0 Å². The van der Waals surface area contributed by atoms with Crippen LogP contribution in [-0.4, -0.2) is 72.2 Å². The summed E-state index contributed by atoms with van der Waals surface area (Å²) in [4.78, 5) is 27.9. The van der Waals surface area contributed by atoms with E-state index in [1.54, 1.807) is 7.05 Å². The monoisotopic (exact) mass is 472 g/mol. The third kappa shape index (κ3) is 7.79. The fraction of sp³-hybridized carbons (Fsp3) is 0.704. The number of amides is 2. The molecule has 2 amide bonds. The van der Waals surface area contributed by atoms with Crippen LogP contribution >= 0.6 is 0 Å². The van der Waals surface area contributed by atoms with E-state index in [9.17, 15) is 14.7 Å². The summed E-state index contributed by atoms with van der Waals surface area (Å²) in [5.41, 5.74) is 0.756. The summed E-state index contributed by atoms with van der Waals surface area (Å²) in [5, 5.41) is 20.4. The lowest BCUT2D eigenvalue weighted by Gasteiger charge is -2.47. The van der Waals surface area contributed by atoms with Crippen LogP contribution in [0.4, 0.5) is 0 Å². The van der Waals surface area contributed by atoms with Gasteiger partial charge in [0.15, 0.2) is 0 Å². The fourth-order valence-corrected chi connectivity index (χ4v) is 5.56. The zero-order valence-electron chi connectivity index (χ0n) is 21.3. The number of rotatable bonds is 9. The average molecular weight is 473 g/mol. The van der Waals surface area contributed by atoms with Gasteiger partial charge in [-0.1, -0.05) is 49.6 Å². The molecule has 1 heterocycles. The first kappa shape index (κ1) is 26.6. The van der Waals surface area contributed by atoms with Gasteiger partial charge in [-0.2, -0.15) is 0 Å². The van der Waals surface area contributed by atoms with Gasteiger partial charge in [-0.15, -0.1) is 0 Å². The number of hydrogen-bond donors (Lipinski definition) is 4. The second-order valence-electron chi connectivity index (χ2n) is 11.2. The maximum atomic E-state index is 13.3. The van der Waals surface area contributed by atoms with E-state index >= 15 is 0 Å². The predicted molar refractivity (Wildman–Crippen MR) is 135 cm³/mol. The number of aliphatic hydroxyl groups is 1. The molecule has 0 bridgehead atoms. The lowest BCUT2D eigenvalue weighted by atomic mass is 9.72. The Morgan fingerprint density at radius 2 is 1.79 bits per heavy atom. The summed E-state index contributed by atoms with van der Waals surface area (Å²) in [5.74, 6) is 1.05. The summed E-state index contributed by atoms with van der Waals surface area (Å²) in [6.45, 7) is 7.40. The third-order valence-electron chi connectivity index (χ3n) is 7.17. The molecule has 7 nitrogen and oxygen atoms in total. The van der Waals surface area contributed by atoms with Gasteiger partial charge < -0.3 is 21.1 Å². The standard InChI is InChI=1S/C27H44N4O3/c1-27(2,3)30-26(34)23-15-20-12-8-9-13-21(20)17-31(23)18-24(32)22(29-25(33)16-28-4)14-19-10-6-5-7-11-19/h5-7,10-11,20-24,28,32H,8-9,12-18H2,1-4H3,(H,29,33)(H,30,34)/t20-,21?,22?,23?,24?/m0/s1. The van der Waals surface area contributed by atoms with Crippen molar-refractivity contribution >= 4 is 11.8 Å². The quantitative estimate of drug-likeness (QED) is 0.442. The van der Waals surface area contributed by atoms with Crippen molar-refractivity contribution in [3.05, 3.63) is 35.9 Å². The van der Waals surface area contributed by atoms with Crippen molar-refractivity contribution in [1.29, 1.82) is 0 Å². The van der Waals surface area contributed by atoms with E-state index in [1.165, 1.54) is 25.7 Å². The SMILES string of the molecule is CNCC(=O)NC(Cc1ccccc1)C(O)CN1CC2CCCC[C@H]2CC1C(=O)NC(C)(C)C. The van der Waals surface area contributed by atoms with E-state index < -0.39 is 12.1 Å². The van der Waals surface area contributed by atoms with E-state index in [-0.39, 0.29) is 29.9 Å². The minimum Gasteiger partial charge on any atom is -0.390 e. The van der Waals surface area contributed by atoms with Crippen LogP contribution in [0, 0.1) is 11.8 Å². The highest BCUT2D eigenvalue weighted by atomic mass is 16.3. The Morgan fingerprint density at radius 3 is 2.44 bits per heavy atom. The number of nitrogens with one attached hydrogen (secondary N) is 3. The molecule has 1 saturated carbocycles. The summed E-state index contributed by atoms with van der Waals surface area (Å²) < 4.78 is 0. The number of hydrogen-bond acceptors (Lipinski definition) is 5. The maximum Gasteiger partial charge on any atom is 0.237 e. The Balaban J connectivity index is 1.76. The summed E-state index contributed by atoms with van der Waals surface area (Å²) in [6, 6.07) is 9.23. The molecule has 1 aliphatic carbocycles. The van der Waals surface area contributed by atoms with Crippen LogP contribution in [0.2, 0.25) is 0 Å². The molecule has 2 aliphatic rings. The highest BCUT2D eigenvalue weighted by molar-refractivity contribution is 5.82. The topological polar surface area (TPSA) is 93.7 Å². The molecule has 1 saturated heterocycles. The lowest BCUT2D eigenvalue weighted by Crippen LogP contribution is -2.60. The number of aliphatic hydroxyl groups excluding tert-OH is 1. The lowest BCUT2D eigenvalue weighted by molar-refractivity contribution is -0.133. The van der Waals surface area contributed by atoms with E-state index in [4.69, 9.17) is 0 Å². The first-order chi connectivity index (χ1) is 16.2. The zero-order chi connectivity index (χ0) is 24.7. The van der Waals surface area contributed by atoms with Crippen LogP contribution in [0.25, 0.3) is 0 Å². The number of likely N-dealkylation sites (N-methyl/N-ethyl adjacent to an activating group) is 1. The van der Waals surface area contributed by atoms with Crippen LogP contribution in [0.5, 0.6) is 0 Å². The minimum atomic E-state index is -0.786.